The molecule has 54 valence electrons. The van der Waals surface area contributed by atoms with Crippen molar-refractivity contribution in [3.63, 3.8) is 0 Å². The van der Waals surface area contributed by atoms with Gasteiger partial charge in [0.1, 0.15) is 5.78 Å². The van der Waals surface area contributed by atoms with Gasteiger partial charge < -0.3 is 0 Å². The predicted molar refractivity (Wildman–Crippen MR) is 37.1 cm³/mol. The first-order valence-corrected chi connectivity index (χ1v) is 3.49. The molecule has 0 saturated heterocycles. The molecule has 0 heterocycles. The summed E-state index contributed by atoms with van der Waals surface area (Å²) >= 11 is 0. The fourth-order valence-electron chi connectivity index (χ4n) is 1.51. The van der Waals surface area contributed by atoms with Crippen LogP contribution < -0.4 is 0 Å². The van der Waals surface area contributed by atoms with Crippen molar-refractivity contribution < 1.29 is 4.79 Å². The van der Waals surface area contributed by atoms with E-state index in [0.29, 0.717) is 6.42 Å². The summed E-state index contributed by atoms with van der Waals surface area (Å²) in [4.78, 5) is 11.1. The average molecular weight is 137 g/mol. The fourth-order valence-corrected chi connectivity index (χ4v) is 1.51. The second-order valence-corrected chi connectivity index (χ2v) is 3.51. The van der Waals surface area contributed by atoms with Gasteiger partial charge in [-0.3, -0.25) is 4.79 Å². The molecule has 0 amide bonds. The van der Waals surface area contributed by atoms with Crippen LogP contribution in [0.4, 0.5) is 0 Å². The lowest BCUT2D eigenvalue weighted by Crippen LogP contribution is -2.44. The van der Waals surface area contributed by atoms with Gasteiger partial charge in [-0.25, -0.2) is 0 Å². The number of carbonyl (C=O) groups is 1. The number of carbonyl (C=O) groups excluding carboxylic acids is 1. The van der Waals surface area contributed by atoms with Crippen molar-refractivity contribution in [2.75, 3.05) is 0 Å². The molecule has 2 nitrogen and oxygen atoms in total. The molecule has 0 N–H and O–H groups in total. The Kier molecular flexibility index (Phi) is 1.52. The highest BCUT2D eigenvalue weighted by Crippen LogP contribution is 2.42. The van der Waals surface area contributed by atoms with Crippen molar-refractivity contribution in [1.82, 2.24) is 0 Å². The normalized spacial score (nSPS) is 28.9. The van der Waals surface area contributed by atoms with Crippen molar-refractivity contribution in [1.29, 1.82) is 5.26 Å². The molecule has 10 heavy (non-hydrogen) atoms. The summed E-state index contributed by atoms with van der Waals surface area (Å²) < 4.78 is 0. The van der Waals surface area contributed by atoms with E-state index in [1.165, 1.54) is 0 Å². The lowest BCUT2D eigenvalue weighted by Gasteiger charge is -2.39. The van der Waals surface area contributed by atoms with E-state index in [4.69, 9.17) is 5.26 Å². The summed E-state index contributed by atoms with van der Waals surface area (Å²) in [5, 5.41) is 8.29. The third kappa shape index (κ3) is 0.923. The number of nitriles is 1. The maximum atomic E-state index is 11.1. The predicted octanol–water partition coefficient (Wildman–Crippen LogP) is 1.52. The van der Waals surface area contributed by atoms with E-state index in [1.54, 1.807) is 0 Å². The van der Waals surface area contributed by atoms with E-state index in [0.717, 1.165) is 6.42 Å². The van der Waals surface area contributed by atoms with Crippen LogP contribution in [0.5, 0.6) is 0 Å². The first-order valence-electron chi connectivity index (χ1n) is 3.49. The Morgan fingerprint density at radius 2 is 2.40 bits per heavy atom. The largest absolute Gasteiger partial charge is 0.299 e. The molecule has 2 heteroatoms. The molecule has 0 aliphatic heterocycles. The van der Waals surface area contributed by atoms with Crippen molar-refractivity contribution in [2.45, 2.75) is 26.7 Å². The molecule has 1 saturated carbocycles. The Balaban J connectivity index is 2.49. The zero-order valence-electron chi connectivity index (χ0n) is 6.35. The van der Waals surface area contributed by atoms with Crippen LogP contribution >= 0.6 is 0 Å². The highest BCUT2D eigenvalue weighted by Gasteiger charge is 2.45. The molecule has 1 atom stereocenters. The summed E-state index contributed by atoms with van der Waals surface area (Å²) in [5.74, 6) is 0.300. The van der Waals surface area contributed by atoms with Gasteiger partial charge in [0.25, 0.3) is 0 Å². The summed E-state index contributed by atoms with van der Waals surface area (Å²) in [6.07, 6.45) is 1.29. The van der Waals surface area contributed by atoms with Crippen molar-refractivity contribution in [3.8, 4) is 6.07 Å². The maximum absolute atomic E-state index is 11.1. The number of rotatable bonds is 1. The molecule has 1 aliphatic carbocycles. The first kappa shape index (κ1) is 7.27. The van der Waals surface area contributed by atoms with Crippen LogP contribution in [0.3, 0.4) is 0 Å². The van der Waals surface area contributed by atoms with Gasteiger partial charge >= 0.3 is 0 Å². The summed E-state index contributed by atoms with van der Waals surface area (Å²) in [7, 11) is 0. The van der Waals surface area contributed by atoms with Crippen LogP contribution in [0.15, 0.2) is 0 Å². The van der Waals surface area contributed by atoms with Crippen LogP contribution in [0, 0.1) is 22.7 Å². The van der Waals surface area contributed by atoms with Gasteiger partial charge in [-0.05, 0) is 6.42 Å². The summed E-state index contributed by atoms with van der Waals surface area (Å²) in [6, 6.07) is 2.02. The number of hydrogen-bond donors (Lipinski definition) is 0. The summed E-state index contributed by atoms with van der Waals surface area (Å²) in [6.45, 7) is 3.87. The minimum absolute atomic E-state index is 0.0417. The minimum atomic E-state index is -0.137. The Labute approximate surface area is 60.8 Å². The van der Waals surface area contributed by atoms with E-state index < -0.39 is 0 Å². The average Bonchev–Trinajstić information content (AvgIpc) is 1.87. The number of Topliss-reactive ketones (excluding diaryl/α,β-unsaturated/α-hetero) is 1. The Bertz CT molecular complexity index is 200. The summed E-state index contributed by atoms with van der Waals surface area (Å²) in [5.41, 5.74) is -0.137. The molecule has 0 bridgehead atoms. The Morgan fingerprint density at radius 3 is 2.70 bits per heavy atom. The molecule has 0 aromatic carbocycles. The number of ketones is 1. The van der Waals surface area contributed by atoms with Gasteiger partial charge in [0.05, 0.1) is 6.07 Å². The van der Waals surface area contributed by atoms with Gasteiger partial charge in [-0.2, -0.15) is 5.26 Å². The van der Waals surface area contributed by atoms with Gasteiger partial charge in [0.15, 0.2) is 0 Å². The molecular weight excluding hydrogens is 126 g/mol. The first-order chi connectivity index (χ1) is 4.58. The number of nitrogens with zero attached hydrogens (tertiary/aromatic N) is 1. The van der Waals surface area contributed by atoms with E-state index in [2.05, 4.69) is 0 Å². The Morgan fingerprint density at radius 1 is 1.80 bits per heavy atom. The highest BCUT2D eigenvalue weighted by molar-refractivity contribution is 5.92. The lowest BCUT2D eigenvalue weighted by molar-refractivity contribution is -0.142. The van der Waals surface area contributed by atoms with E-state index >= 15 is 0 Å². The van der Waals surface area contributed by atoms with Crippen molar-refractivity contribution >= 4 is 5.78 Å². The van der Waals surface area contributed by atoms with Crippen LogP contribution in [-0.4, -0.2) is 5.78 Å². The van der Waals surface area contributed by atoms with Crippen LogP contribution in [0.2, 0.25) is 0 Å². The van der Waals surface area contributed by atoms with Crippen LogP contribution in [0.1, 0.15) is 26.7 Å². The van der Waals surface area contributed by atoms with E-state index in [1.807, 2.05) is 19.9 Å². The molecule has 0 unspecified atom stereocenters. The molecule has 0 aromatic rings. The maximum Gasteiger partial charge on any atom is 0.142 e. The molecule has 1 fully saturated rings. The third-order valence-electron chi connectivity index (χ3n) is 2.13. The second kappa shape index (κ2) is 2.09. The molecule has 1 rings (SSSR count). The van der Waals surface area contributed by atoms with Gasteiger partial charge in [0, 0.05) is 17.8 Å². The molecule has 0 radical (unpaired) electrons. The van der Waals surface area contributed by atoms with Gasteiger partial charge in [0.2, 0.25) is 0 Å². The minimum Gasteiger partial charge on any atom is -0.299 e. The number of hydrogen-bond acceptors (Lipinski definition) is 2. The molecule has 1 aliphatic rings. The van der Waals surface area contributed by atoms with E-state index in [-0.39, 0.29) is 17.1 Å². The lowest BCUT2D eigenvalue weighted by atomic mass is 9.62. The zero-order valence-corrected chi connectivity index (χ0v) is 6.35. The second-order valence-electron chi connectivity index (χ2n) is 3.51. The van der Waals surface area contributed by atoms with Gasteiger partial charge in [-0.15, -0.1) is 0 Å². The fraction of sp³-hybridized carbons (Fsp3) is 0.750. The van der Waals surface area contributed by atoms with Crippen LogP contribution in [-0.2, 0) is 4.79 Å². The Hall–Kier alpha value is -0.840. The topological polar surface area (TPSA) is 40.9 Å². The standard InChI is InChI=1S/C8H11NO/c1-8(2)5-6(3-4-9)7(8)10/h6H,3,5H2,1-2H3/t6-/m0/s1. The van der Waals surface area contributed by atoms with Crippen molar-refractivity contribution in [2.24, 2.45) is 11.3 Å². The van der Waals surface area contributed by atoms with Gasteiger partial charge in [-0.1, -0.05) is 13.8 Å². The molecule has 0 aromatic heterocycles. The quantitative estimate of drug-likeness (QED) is 0.549. The van der Waals surface area contributed by atoms with Crippen molar-refractivity contribution in [3.05, 3.63) is 0 Å². The van der Waals surface area contributed by atoms with E-state index in [9.17, 15) is 4.79 Å². The molecule has 0 spiro atoms. The SMILES string of the molecule is CC1(C)C[C@H](CC#N)C1=O. The third-order valence-corrected chi connectivity index (χ3v) is 2.13. The van der Waals surface area contributed by atoms with Crippen LogP contribution in [0.25, 0.3) is 0 Å². The zero-order chi connectivity index (χ0) is 7.78. The molecular formula is C8H11NO. The highest BCUT2D eigenvalue weighted by atomic mass is 16.1. The monoisotopic (exact) mass is 137 g/mol. The smallest absolute Gasteiger partial charge is 0.142 e.